The number of carbonyl (C=O) groups excluding carboxylic acids is 1. The second-order valence-electron chi connectivity index (χ2n) is 7.80. The Morgan fingerprint density at radius 1 is 1.12 bits per heavy atom. The highest BCUT2D eigenvalue weighted by Gasteiger charge is 2.28. The molecule has 0 fully saturated rings. The van der Waals surface area contributed by atoms with Gasteiger partial charge in [0.15, 0.2) is 0 Å². The first-order chi connectivity index (χ1) is 11.8. The Morgan fingerprint density at radius 3 is 2.32 bits per heavy atom. The summed E-state index contributed by atoms with van der Waals surface area (Å²) in [4.78, 5) is 16.1. The van der Waals surface area contributed by atoms with Crippen molar-refractivity contribution in [2.45, 2.75) is 53.2 Å². The summed E-state index contributed by atoms with van der Waals surface area (Å²) >= 11 is 1.74. The fraction of sp³-hybridized carbons (Fsp3) is 0.476. The van der Waals surface area contributed by atoms with Crippen molar-refractivity contribution in [3.63, 3.8) is 0 Å². The summed E-state index contributed by atoms with van der Waals surface area (Å²) in [7, 11) is 0. The average molecular weight is 359 g/mol. The number of amides is 1. The smallest absolute Gasteiger partial charge is 0.237 e. The van der Waals surface area contributed by atoms with E-state index in [4.69, 9.17) is 0 Å². The van der Waals surface area contributed by atoms with Crippen LogP contribution in [0.15, 0.2) is 47.8 Å². The van der Waals surface area contributed by atoms with E-state index in [2.05, 4.69) is 69.6 Å². The van der Waals surface area contributed by atoms with Crippen molar-refractivity contribution in [2.75, 3.05) is 6.54 Å². The minimum Gasteiger partial charge on any atom is -0.335 e. The van der Waals surface area contributed by atoms with E-state index in [9.17, 15) is 4.79 Å². The number of carbonyl (C=O) groups is 1. The lowest BCUT2D eigenvalue weighted by molar-refractivity contribution is -0.132. The molecule has 1 heterocycles. The Balaban J connectivity index is 2.04. The summed E-state index contributed by atoms with van der Waals surface area (Å²) in [5.41, 5.74) is 1.21. The van der Waals surface area contributed by atoms with Gasteiger partial charge in [-0.05, 0) is 36.3 Å². The van der Waals surface area contributed by atoms with E-state index in [0.29, 0.717) is 13.1 Å². The van der Waals surface area contributed by atoms with Gasteiger partial charge < -0.3 is 10.2 Å². The molecule has 0 aliphatic rings. The van der Waals surface area contributed by atoms with Crippen LogP contribution in [0.3, 0.4) is 0 Å². The molecule has 1 atom stereocenters. The minimum absolute atomic E-state index is 0.0488. The van der Waals surface area contributed by atoms with Crippen LogP contribution in [0.25, 0.3) is 0 Å². The molecule has 4 heteroatoms. The molecule has 1 unspecified atom stereocenters. The summed E-state index contributed by atoms with van der Waals surface area (Å²) in [6, 6.07) is 14.7. The molecule has 0 saturated heterocycles. The molecule has 0 radical (unpaired) electrons. The normalized spacial score (nSPS) is 13.0. The first-order valence-electron chi connectivity index (χ1n) is 8.89. The second-order valence-corrected chi connectivity index (χ2v) is 8.78. The number of hydrogen-bond acceptors (Lipinski definition) is 3. The highest BCUT2D eigenvalue weighted by Crippen LogP contribution is 2.34. The van der Waals surface area contributed by atoms with Gasteiger partial charge in [-0.2, -0.15) is 0 Å². The van der Waals surface area contributed by atoms with Crippen molar-refractivity contribution >= 4 is 17.2 Å². The molecular formula is C21H30N2OS. The monoisotopic (exact) mass is 358 g/mol. The summed E-state index contributed by atoms with van der Waals surface area (Å²) in [6.07, 6.45) is 0. The standard InChI is InChI=1S/C21H30N2OS/c1-16(2)23(15-17-10-7-6-8-11-17)19(24)14-22-20(21(3,4)5)18-12-9-13-25-18/h6-13,16,20,22H,14-15H2,1-5H3. The van der Waals surface area contributed by atoms with Crippen LogP contribution in [-0.4, -0.2) is 23.4 Å². The van der Waals surface area contributed by atoms with E-state index < -0.39 is 0 Å². The number of rotatable bonds is 7. The Bertz CT molecular complexity index is 644. The van der Waals surface area contributed by atoms with Gasteiger partial charge in [0, 0.05) is 23.5 Å². The maximum atomic E-state index is 12.9. The van der Waals surface area contributed by atoms with E-state index in [1.165, 1.54) is 4.88 Å². The molecular weight excluding hydrogens is 328 g/mol. The predicted molar refractivity (Wildman–Crippen MR) is 107 cm³/mol. The molecule has 1 aromatic carbocycles. The molecule has 1 aromatic heterocycles. The number of hydrogen-bond donors (Lipinski definition) is 1. The summed E-state index contributed by atoms with van der Waals surface area (Å²) in [5.74, 6) is 0.143. The van der Waals surface area contributed by atoms with E-state index in [1.54, 1.807) is 11.3 Å². The van der Waals surface area contributed by atoms with E-state index >= 15 is 0 Å². The van der Waals surface area contributed by atoms with Crippen LogP contribution in [-0.2, 0) is 11.3 Å². The molecule has 0 aliphatic heterocycles. The Morgan fingerprint density at radius 2 is 1.80 bits per heavy atom. The van der Waals surface area contributed by atoms with Gasteiger partial charge in [0.25, 0.3) is 0 Å². The first kappa shape index (κ1) is 19.7. The number of nitrogens with zero attached hydrogens (tertiary/aromatic N) is 1. The maximum Gasteiger partial charge on any atom is 0.237 e. The van der Waals surface area contributed by atoms with Crippen molar-refractivity contribution < 1.29 is 4.79 Å². The van der Waals surface area contributed by atoms with Crippen LogP contribution in [0.2, 0.25) is 0 Å². The Labute approximate surface area is 156 Å². The highest BCUT2D eigenvalue weighted by molar-refractivity contribution is 7.10. The molecule has 2 aromatic rings. The zero-order chi connectivity index (χ0) is 18.4. The van der Waals surface area contributed by atoms with Gasteiger partial charge in [0.05, 0.1) is 6.54 Å². The summed E-state index contributed by atoms with van der Waals surface area (Å²) in [5, 5.41) is 5.59. The Hall–Kier alpha value is -1.65. The molecule has 0 bridgehead atoms. The van der Waals surface area contributed by atoms with Gasteiger partial charge in [-0.1, -0.05) is 57.2 Å². The minimum atomic E-state index is 0.0488. The summed E-state index contributed by atoms with van der Waals surface area (Å²) in [6.45, 7) is 11.8. The van der Waals surface area contributed by atoms with Crippen molar-refractivity contribution in [2.24, 2.45) is 5.41 Å². The molecule has 0 spiro atoms. The molecule has 0 aliphatic carbocycles. The number of thiophene rings is 1. The molecule has 0 saturated carbocycles. The van der Waals surface area contributed by atoms with E-state index in [0.717, 1.165) is 5.56 Å². The number of nitrogens with one attached hydrogen (secondary N) is 1. The fourth-order valence-corrected chi connectivity index (χ4v) is 3.96. The van der Waals surface area contributed by atoms with Crippen molar-refractivity contribution in [3.05, 3.63) is 58.3 Å². The SMILES string of the molecule is CC(C)N(Cc1ccccc1)C(=O)CNC(c1cccs1)C(C)(C)C. The maximum absolute atomic E-state index is 12.9. The zero-order valence-electron chi connectivity index (χ0n) is 16.0. The molecule has 136 valence electrons. The third-order valence-corrected chi connectivity index (χ3v) is 5.23. The van der Waals surface area contributed by atoms with Crippen LogP contribution >= 0.6 is 11.3 Å². The second kappa shape index (κ2) is 8.63. The topological polar surface area (TPSA) is 32.3 Å². The zero-order valence-corrected chi connectivity index (χ0v) is 16.8. The van der Waals surface area contributed by atoms with Crippen LogP contribution in [0.4, 0.5) is 0 Å². The largest absolute Gasteiger partial charge is 0.335 e. The molecule has 3 nitrogen and oxygen atoms in total. The molecule has 25 heavy (non-hydrogen) atoms. The predicted octanol–water partition coefficient (Wildman–Crippen LogP) is 4.86. The van der Waals surface area contributed by atoms with Gasteiger partial charge in [-0.25, -0.2) is 0 Å². The van der Waals surface area contributed by atoms with Gasteiger partial charge in [-0.3, -0.25) is 4.79 Å². The van der Waals surface area contributed by atoms with Crippen molar-refractivity contribution in [3.8, 4) is 0 Å². The van der Waals surface area contributed by atoms with Gasteiger partial charge in [0.2, 0.25) is 5.91 Å². The van der Waals surface area contributed by atoms with Crippen LogP contribution in [0.1, 0.15) is 51.1 Å². The highest BCUT2D eigenvalue weighted by atomic mass is 32.1. The van der Waals surface area contributed by atoms with Gasteiger partial charge >= 0.3 is 0 Å². The van der Waals surface area contributed by atoms with Crippen LogP contribution in [0, 0.1) is 5.41 Å². The average Bonchev–Trinajstić information content (AvgIpc) is 3.06. The third-order valence-electron chi connectivity index (χ3n) is 4.29. The van der Waals surface area contributed by atoms with Crippen molar-refractivity contribution in [1.82, 2.24) is 10.2 Å². The number of benzene rings is 1. The first-order valence-corrected chi connectivity index (χ1v) is 9.77. The lowest BCUT2D eigenvalue weighted by Gasteiger charge is -2.33. The lowest BCUT2D eigenvalue weighted by Crippen LogP contribution is -2.44. The lowest BCUT2D eigenvalue weighted by atomic mass is 9.86. The Kier molecular flexibility index (Phi) is 6.79. The van der Waals surface area contributed by atoms with Crippen LogP contribution < -0.4 is 5.32 Å². The van der Waals surface area contributed by atoms with E-state index in [-0.39, 0.29) is 23.4 Å². The van der Waals surface area contributed by atoms with Gasteiger partial charge in [0.1, 0.15) is 0 Å². The molecule has 1 N–H and O–H groups in total. The van der Waals surface area contributed by atoms with Crippen molar-refractivity contribution in [1.29, 1.82) is 0 Å². The van der Waals surface area contributed by atoms with Gasteiger partial charge in [-0.15, -0.1) is 11.3 Å². The molecule has 2 rings (SSSR count). The third kappa shape index (κ3) is 5.68. The fourth-order valence-electron chi connectivity index (χ4n) is 2.92. The molecule has 1 amide bonds. The van der Waals surface area contributed by atoms with Crippen LogP contribution in [0.5, 0.6) is 0 Å². The quantitative estimate of drug-likeness (QED) is 0.766. The summed E-state index contributed by atoms with van der Waals surface area (Å²) < 4.78 is 0. The van der Waals surface area contributed by atoms with E-state index in [1.807, 2.05) is 23.1 Å².